The van der Waals surface area contributed by atoms with Gasteiger partial charge in [0.25, 0.3) is 11.6 Å². The predicted molar refractivity (Wildman–Crippen MR) is 73.9 cm³/mol. The van der Waals surface area contributed by atoms with E-state index in [0.717, 1.165) is 18.8 Å². The second-order valence-corrected chi connectivity index (χ2v) is 5.11. The molecule has 1 N–H and O–H groups in total. The van der Waals surface area contributed by atoms with Crippen LogP contribution in [0.4, 0.5) is 5.69 Å². The molecule has 0 atom stereocenters. The van der Waals surface area contributed by atoms with Gasteiger partial charge in [-0.15, -0.1) is 0 Å². The summed E-state index contributed by atoms with van der Waals surface area (Å²) in [6.07, 6.45) is 3.43. The van der Waals surface area contributed by atoms with Gasteiger partial charge in [0.2, 0.25) is 0 Å². The van der Waals surface area contributed by atoms with Crippen LogP contribution in [-0.4, -0.2) is 46.9 Å². The molecule has 0 bridgehead atoms. The molecular formula is C12H15ClN4O3. The Morgan fingerprint density at radius 1 is 1.65 bits per heavy atom. The van der Waals surface area contributed by atoms with Crippen LogP contribution in [-0.2, 0) is 0 Å². The average molecular weight is 299 g/mol. The standard InChI is InChI=1S/C12H15ClN4O3/c1-16(8-2-3-8)5-4-14-12(18)10-6-9(17(19)20)7-15-11(10)13/h6-8H,2-5H2,1H3,(H,14,18). The zero-order chi connectivity index (χ0) is 14.7. The van der Waals surface area contributed by atoms with Crippen LogP contribution >= 0.6 is 11.6 Å². The van der Waals surface area contributed by atoms with Crippen molar-refractivity contribution in [1.82, 2.24) is 15.2 Å². The highest BCUT2D eigenvalue weighted by Crippen LogP contribution is 2.24. The fourth-order valence-corrected chi connectivity index (χ4v) is 2.02. The molecule has 0 aromatic carbocycles. The van der Waals surface area contributed by atoms with E-state index in [-0.39, 0.29) is 16.4 Å². The number of carbonyl (C=O) groups excluding carboxylic acids is 1. The zero-order valence-corrected chi connectivity index (χ0v) is 11.8. The first-order valence-corrected chi connectivity index (χ1v) is 6.65. The maximum Gasteiger partial charge on any atom is 0.288 e. The van der Waals surface area contributed by atoms with Crippen molar-refractivity contribution in [2.24, 2.45) is 0 Å². The Kier molecular flexibility index (Phi) is 4.51. The second kappa shape index (κ2) is 6.15. The van der Waals surface area contributed by atoms with Gasteiger partial charge >= 0.3 is 0 Å². The number of pyridine rings is 1. The molecule has 7 nitrogen and oxygen atoms in total. The molecule has 0 saturated heterocycles. The normalized spacial score (nSPS) is 14.3. The van der Waals surface area contributed by atoms with Gasteiger partial charge in [-0.3, -0.25) is 14.9 Å². The van der Waals surface area contributed by atoms with E-state index in [1.807, 2.05) is 7.05 Å². The lowest BCUT2D eigenvalue weighted by Gasteiger charge is -2.15. The number of hydrogen-bond acceptors (Lipinski definition) is 5. The highest BCUT2D eigenvalue weighted by molar-refractivity contribution is 6.32. The molecule has 1 saturated carbocycles. The number of nitrogens with zero attached hydrogens (tertiary/aromatic N) is 3. The fourth-order valence-electron chi connectivity index (χ4n) is 1.84. The summed E-state index contributed by atoms with van der Waals surface area (Å²) in [7, 11) is 2.01. The summed E-state index contributed by atoms with van der Waals surface area (Å²) in [6.45, 7) is 1.20. The first-order valence-electron chi connectivity index (χ1n) is 6.27. The lowest BCUT2D eigenvalue weighted by atomic mass is 10.2. The predicted octanol–water partition coefficient (Wildman–Crippen LogP) is 1.47. The SMILES string of the molecule is CN(CCNC(=O)c1cc([N+](=O)[O-])cnc1Cl)C1CC1. The highest BCUT2D eigenvalue weighted by atomic mass is 35.5. The van der Waals surface area contributed by atoms with Gasteiger partial charge in [0.1, 0.15) is 11.3 Å². The van der Waals surface area contributed by atoms with Gasteiger partial charge in [-0.25, -0.2) is 4.98 Å². The summed E-state index contributed by atoms with van der Waals surface area (Å²) in [5.74, 6) is -0.449. The Balaban J connectivity index is 1.93. The summed E-state index contributed by atoms with van der Waals surface area (Å²) < 4.78 is 0. The van der Waals surface area contributed by atoms with Crippen molar-refractivity contribution < 1.29 is 9.72 Å². The number of amides is 1. The van der Waals surface area contributed by atoms with Gasteiger partial charge in [0, 0.05) is 25.2 Å². The molecule has 0 unspecified atom stereocenters. The number of carbonyl (C=O) groups is 1. The number of nitrogens with one attached hydrogen (secondary N) is 1. The maximum absolute atomic E-state index is 11.9. The van der Waals surface area contributed by atoms with Gasteiger partial charge in [0.05, 0.1) is 10.5 Å². The van der Waals surface area contributed by atoms with Crippen molar-refractivity contribution in [3.8, 4) is 0 Å². The molecule has 1 aromatic heterocycles. The molecular weight excluding hydrogens is 284 g/mol. The minimum absolute atomic E-state index is 0.0231. The Morgan fingerprint density at radius 3 is 2.95 bits per heavy atom. The van der Waals surface area contributed by atoms with Crippen LogP contribution < -0.4 is 5.32 Å². The second-order valence-electron chi connectivity index (χ2n) is 4.76. The first-order chi connectivity index (χ1) is 9.49. The molecule has 20 heavy (non-hydrogen) atoms. The maximum atomic E-state index is 11.9. The van der Waals surface area contributed by atoms with Crippen LogP contribution in [0.2, 0.25) is 5.15 Å². The Bertz CT molecular complexity index is 533. The Labute approximate surface area is 121 Å². The van der Waals surface area contributed by atoms with Crippen molar-refractivity contribution in [3.63, 3.8) is 0 Å². The Morgan fingerprint density at radius 2 is 2.35 bits per heavy atom. The molecule has 108 valence electrons. The third-order valence-electron chi connectivity index (χ3n) is 3.20. The third kappa shape index (κ3) is 3.64. The average Bonchev–Trinajstić information content (AvgIpc) is 3.22. The monoisotopic (exact) mass is 298 g/mol. The summed E-state index contributed by atoms with van der Waals surface area (Å²) in [5.41, 5.74) is -0.232. The van der Waals surface area contributed by atoms with Crippen molar-refractivity contribution in [1.29, 1.82) is 0 Å². The lowest BCUT2D eigenvalue weighted by molar-refractivity contribution is -0.385. The number of aromatic nitrogens is 1. The lowest BCUT2D eigenvalue weighted by Crippen LogP contribution is -2.34. The molecule has 8 heteroatoms. The summed E-state index contributed by atoms with van der Waals surface area (Å²) >= 11 is 5.79. The molecule has 1 aliphatic carbocycles. The molecule has 0 aliphatic heterocycles. The van der Waals surface area contributed by atoms with Crippen molar-refractivity contribution in [2.75, 3.05) is 20.1 Å². The molecule has 1 aliphatic rings. The molecule has 1 amide bonds. The van der Waals surface area contributed by atoms with E-state index in [0.29, 0.717) is 12.6 Å². The molecule has 1 heterocycles. The number of rotatable bonds is 6. The van der Waals surface area contributed by atoms with Crippen molar-refractivity contribution in [2.45, 2.75) is 18.9 Å². The van der Waals surface area contributed by atoms with Crippen LogP contribution in [0.15, 0.2) is 12.3 Å². The van der Waals surface area contributed by atoms with E-state index in [1.54, 1.807) is 0 Å². The van der Waals surface area contributed by atoms with E-state index in [9.17, 15) is 14.9 Å². The topological polar surface area (TPSA) is 88.4 Å². The highest BCUT2D eigenvalue weighted by Gasteiger charge is 2.25. The number of likely N-dealkylation sites (N-methyl/N-ethyl adjacent to an activating group) is 1. The van der Waals surface area contributed by atoms with E-state index in [4.69, 9.17) is 11.6 Å². The smallest absolute Gasteiger partial charge is 0.288 e. The fraction of sp³-hybridized carbons (Fsp3) is 0.500. The van der Waals surface area contributed by atoms with Gasteiger partial charge in [0.15, 0.2) is 0 Å². The number of nitro groups is 1. The van der Waals surface area contributed by atoms with Gasteiger partial charge in [-0.05, 0) is 19.9 Å². The third-order valence-corrected chi connectivity index (χ3v) is 3.50. The Hall–Kier alpha value is -1.73. The van der Waals surface area contributed by atoms with E-state index in [2.05, 4.69) is 15.2 Å². The van der Waals surface area contributed by atoms with Crippen LogP contribution in [0.25, 0.3) is 0 Å². The zero-order valence-electron chi connectivity index (χ0n) is 11.0. The van der Waals surface area contributed by atoms with Crippen LogP contribution in [0.1, 0.15) is 23.2 Å². The van der Waals surface area contributed by atoms with E-state index < -0.39 is 10.8 Å². The summed E-state index contributed by atoms with van der Waals surface area (Å²) in [6, 6.07) is 1.75. The molecule has 2 rings (SSSR count). The first kappa shape index (κ1) is 14.7. The largest absolute Gasteiger partial charge is 0.351 e. The summed E-state index contributed by atoms with van der Waals surface area (Å²) in [5, 5.41) is 13.3. The van der Waals surface area contributed by atoms with Gasteiger partial charge in [-0.2, -0.15) is 0 Å². The van der Waals surface area contributed by atoms with E-state index in [1.165, 1.54) is 12.8 Å². The van der Waals surface area contributed by atoms with Crippen LogP contribution in [0, 0.1) is 10.1 Å². The minimum Gasteiger partial charge on any atom is -0.351 e. The van der Waals surface area contributed by atoms with Crippen molar-refractivity contribution >= 4 is 23.2 Å². The summed E-state index contributed by atoms with van der Waals surface area (Å²) in [4.78, 5) is 27.8. The van der Waals surface area contributed by atoms with Crippen LogP contribution in [0.5, 0.6) is 0 Å². The molecule has 0 spiro atoms. The van der Waals surface area contributed by atoms with Gasteiger partial charge < -0.3 is 10.2 Å². The van der Waals surface area contributed by atoms with Gasteiger partial charge in [-0.1, -0.05) is 11.6 Å². The number of hydrogen-bond donors (Lipinski definition) is 1. The molecule has 1 aromatic rings. The van der Waals surface area contributed by atoms with Crippen LogP contribution in [0.3, 0.4) is 0 Å². The minimum atomic E-state index is -0.610. The quantitative estimate of drug-likeness (QED) is 0.488. The van der Waals surface area contributed by atoms with E-state index >= 15 is 0 Å². The molecule has 1 fully saturated rings. The number of halogens is 1. The molecule has 0 radical (unpaired) electrons. The van der Waals surface area contributed by atoms with Crippen molar-refractivity contribution in [3.05, 3.63) is 33.1 Å².